The van der Waals surface area contributed by atoms with E-state index in [0.717, 1.165) is 15.2 Å². The highest BCUT2D eigenvalue weighted by molar-refractivity contribution is 7.99. The smallest absolute Gasteiger partial charge is 0.269 e. The van der Waals surface area contributed by atoms with Crippen LogP contribution in [0.1, 0.15) is 17.4 Å². The van der Waals surface area contributed by atoms with Crippen molar-refractivity contribution in [2.45, 2.75) is 22.8 Å². The molecule has 5 nitrogen and oxygen atoms in total. The van der Waals surface area contributed by atoms with Crippen molar-refractivity contribution in [3.8, 4) is 0 Å². The van der Waals surface area contributed by atoms with Gasteiger partial charge in [0.1, 0.15) is 11.3 Å². The van der Waals surface area contributed by atoms with Crippen LogP contribution in [0.2, 0.25) is 5.02 Å². The third-order valence-electron chi connectivity index (χ3n) is 3.43. The molecule has 0 radical (unpaired) electrons. The molecule has 3 N–H and O–H groups in total. The van der Waals surface area contributed by atoms with Gasteiger partial charge in [-0.15, -0.1) is 0 Å². The summed E-state index contributed by atoms with van der Waals surface area (Å²) in [6.07, 6.45) is 1.67. The SMILES string of the molecule is C[C@H](CO)NC(=O)c1[nH]c2ncccc2c1Sc1ccc(Cl)cc1. The minimum Gasteiger partial charge on any atom is -0.394 e. The van der Waals surface area contributed by atoms with Gasteiger partial charge in [0, 0.05) is 27.5 Å². The normalized spacial score (nSPS) is 12.3. The highest BCUT2D eigenvalue weighted by atomic mass is 35.5. The number of aliphatic hydroxyl groups excluding tert-OH is 1. The number of carbonyl (C=O) groups excluding carboxylic acids is 1. The molecule has 3 aromatic rings. The molecule has 1 amide bonds. The van der Waals surface area contributed by atoms with E-state index in [1.807, 2.05) is 36.4 Å². The van der Waals surface area contributed by atoms with Gasteiger partial charge in [0.15, 0.2) is 0 Å². The Balaban J connectivity index is 2.01. The number of aromatic nitrogens is 2. The van der Waals surface area contributed by atoms with Gasteiger partial charge in [-0.05, 0) is 43.3 Å². The fourth-order valence-corrected chi connectivity index (χ4v) is 3.38. The summed E-state index contributed by atoms with van der Waals surface area (Å²) in [5, 5.41) is 13.4. The second-order valence-electron chi connectivity index (χ2n) is 5.34. The highest BCUT2D eigenvalue weighted by Gasteiger charge is 2.20. The van der Waals surface area contributed by atoms with Gasteiger partial charge < -0.3 is 15.4 Å². The number of amides is 1. The Morgan fingerprint density at radius 2 is 2.12 bits per heavy atom. The number of H-pyrrole nitrogens is 1. The highest BCUT2D eigenvalue weighted by Crippen LogP contribution is 2.36. The number of pyridine rings is 1. The predicted octanol–water partition coefficient (Wildman–Crippen LogP) is 3.48. The van der Waals surface area contributed by atoms with Gasteiger partial charge in [-0.1, -0.05) is 23.4 Å². The monoisotopic (exact) mass is 361 g/mol. The first kappa shape index (κ1) is 16.8. The maximum atomic E-state index is 12.5. The molecule has 0 aliphatic rings. The number of hydrogen-bond donors (Lipinski definition) is 3. The zero-order valence-electron chi connectivity index (χ0n) is 12.9. The minimum atomic E-state index is -0.328. The molecule has 1 aromatic carbocycles. The van der Waals surface area contributed by atoms with Crippen LogP contribution in [0.25, 0.3) is 11.0 Å². The second-order valence-corrected chi connectivity index (χ2v) is 6.86. The van der Waals surface area contributed by atoms with Crippen LogP contribution in [0.3, 0.4) is 0 Å². The first-order valence-electron chi connectivity index (χ1n) is 7.40. The van der Waals surface area contributed by atoms with E-state index in [2.05, 4.69) is 15.3 Å². The van der Waals surface area contributed by atoms with Crippen LogP contribution in [0, 0.1) is 0 Å². The van der Waals surface area contributed by atoms with E-state index < -0.39 is 0 Å². The molecule has 124 valence electrons. The Kier molecular flexibility index (Phi) is 5.08. The zero-order chi connectivity index (χ0) is 17.1. The van der Waals surface area contributed by atoms with Gasteiger partial charge in [-0.25, -0.2) is 4.98 Å². The molecule has 0 bridgehead atoms. The Bertz CT molecular complexity index is 864. The van der Waals surface area contributed by atoms with Crippen molar-refractivity contribution in [3.63, 3.8) is 0 Å². The van der Waals surface area contributed by atoms with E-state index in [1.54, 1.807) is 13.1 Å². The maximum Gasteiger partial charge on any atom is 0.269 e. The van der Waals surface area contributed by atoms with E-state index in [0.29, 0.717) is 16.4 Å². The van der Waals surface area contributed by atoms with Crippen molar-refractivity contribution < 1.29 is 9.90 Å². The zero-order valence-corrected chi connectivity index (χ0v) is 14.5. The second kappa shape index (κ2) is 7.25. The summed E-state index contributed by atoms with van der Waals surface area (Å²) in [6, 6.07) is 10.9. The summed E-state index contributed by atoms with van der Waals surface area (Å²) in [5.41, 5.74) is 1.08. The van der Waals surface area contributed by atoms with Gasteiger partial charge in [-0.2, -0.15) is 0 Å². The fourth-order valence-electron chi connectivity index (χ4n) is 2.23. The molecule has 0 unspecified atom stereocenters. The van der Waals surface area contributed by atoms with E-state index in [1.165, 1.54) is 11.8 Å². The number of carbonyl (C=O) groups is 1. The Labute approximate surface area is 148 Å². The topological polar surface area (TPSA) is 78.0 Å². The molecule has 3 rings (SSSR count). The Morgan fingerprint density at radius 1 is 1.38 bits per heavy atom. The van der Waals surface area contributed by atoms with Crippen LogP contribution >= 0.6 is 23.4 Å². The maximum absolute atomic E-state index is 12.5. The molecule has 1 atom stereocenters. The molecular weight excluding hydrogens is 346 g/mol. The molecule has 0 fully saturated rings. The third-order valence-corrected chi connectivity index (χ3v) is 4.82. The summed E-state index contributed by atoms with van der Waals surface area (Å²) in [4.78, 5) is 21.6. The van der Waals surface area contributed by atoms with Gasteiger partial charge in [-0.3, -0.25) is 4.79 Å². The molecule has 0 aliphatic heterocycles. The van der Waals surface area contributed by atoms with Gasteiger partial charge >= 0.3 is 0 Å². The van der Waals surface area contributed by atoms with Crippen molar-refractivity contribution in [2.24, 2.45) is 0 Å². The van der Waals surface area contributed by atoms with Crippen LogP contribution in [-0.4, -0.2) is 33.6 Å². The number of nitrogens with one attached hydrogen (secondary N) is 2. The van der Waals surface area contributed by atoms with Gasteiger partial charge in [0.2, 0.25) is 0 Å². The lowest BCUT2D eigenvalue weighted by atomic mass is 10.3. The molecule has 24 heavy (non-hydrogen) atoms. The standard InChI is InChI=1S/C17H16ClN3O2S/c1-10(9-22)20-17(23)14-15(13-3-2-8-19-16(13)21-14)24-12-6-4-11(18)5-7-12/h2-8,10,22H,9H2,1H3,(H,19,21)(H,20,23)/t10-/m1/s1. The molecule has 2 heterocycles. The van der Waals surface area contributed by atoms with Crippen molar-refractivity contribution in [1.82, 2.24) is 15.3 Å². The van der Waals surface area contributed by atoms with Gasteiger partial charge in [0.05, 0.1) is 11.5 Å². The number of aliphatic hydroxyl groups is 1. The number of aromatic amines is 1. The van der Waals surface area contributed by atoms with Crippen LogP contribution < -0.4 is 5.32 Å². The van der Waals surface area contributed by atoms with E-state index >= 15 is 0 Å². The third kappa shape index (κ3) is 3.56. The Morgan fingerprint density at radius 3 is 2.83 bits per heavy atom. The van der Waals surface area contributed by atoms with Crippen molar-refractivity contribution in [2.75, 3.05) is 6.61 Å². The summed E-state index contributed by atoms with van der Waals surface area (Å²) in [5.74, 6) is -0.272. The molecule has 0 saturated heterocycles. The number of benzene rings is 1. The number of fused-ring (bicyclic) bond motifs is 1. The summed E-state index contributed by atoms with van der Waals surface area (Å²) >= 11 is 7.40. The molecule has 7 heteroatoms. The average molecular weight is 362 g/mol. The van der Waals surface area contributed by atoms with Crippen molar-refractivity contribution >= 4 is 40.3 Å². The van der Waals surface area contributed by atoms with Crippen LogP contribution in [0.15, 0.2) is 52.4 Å². The van der Waals surface area contributed by atoms with Gasteiger partial charge in [0.25, 0.3) is 5.91 Å². The molecule has 0 spiro atoms. The van der Waals surface area contributed by atoms with Crippen molar-refractivity contribution in [3.05, 3.63) is 53.3 Å². The lowest BCUT2D eigenvalue weighted by Gasteiger charge is -2.11. The fraction of sp³-hybridized carbons (Fsp3) is 0.176. The minimum absolute atomic E-state index is 0.121. The molecule has 0 saturated carbocycles. The number of halogens is 1. The summed E-state index contributed by atoms with van der Waals surface area (Å²) in [7, 11) is 0. The number of rotatable bonds is 5. The van der Waals surface area contributed by atoms with Crippen molar-refractivity contribution in [1.29, 1.82) is 0 Å². The van der Waals surface area contributed by atoms with Crippen LogP contribution in [0.4, 0.5) is 0 Å². The number of hydrogen-bond acceptors (Lipinski definition) is 4. The van der Waals surface area contributed by atoms with E-state index in [9.17, 15) is 4.79 Å². The molecule has 2 aromatic heterocycles. The molecule has 0 aliphatic carbocycles. The Hall–Kier alpha value is -2.02. The van der Waals surface area contributed by atoms with Crippen LogP contribution in [0.5, 0.6) is 0 Å². The van der Waals surface area contributed by atoms with E-state index in [4.69, 9.17) is 16.7 Å². The lowest BCUT2D eigenvalue weighted by molar-refractivity contribution is 0.0915. The van der Waals surface area contributed by atoms with E-state index in [-0.39, 0.29) is 18.6 Å². The quantitative estimate of drug-likeness (QED) is 0.650. The first-order chi connectivity index (χ1) is 11.6. The summed E-state index contributed by atoms with van der Waals surface area (Å²) in [6.45, 7) is 1.62. The first-order valence-corrected chi connectivity index (χ1v) is 8.59. The number of nitrogens with zero attached hydrogens (tertiary/aromatic N) is 1. The summed E-state index contributed by atoms with van der Waals surface area (Å²) < 4.78 is 0. The molecular formula is C17H16ClN3O2S. The largest absolute Gasteiger partial charge is 0.394 e. The average Bonchev–Trinajstić information content (AvgIpc) is 2.95. The predicted molar refractivity (Wildman–Crippen MR) is 95.7 cm³/mol. The lowest BCUT2D eigenvalue weighted by Crippen LogP contribution is -2.35. The van der Waals surface area contributed by atoms with Crippen LogP contribution in [-0.2, 0) is 0 Å².